The van der Waals surface area contributed by atoms with Gasteiger partial charge in [-0.1, -0.05) is 30.3 Å². The molecule has 2 N–H and O–H groups in total. The van der Waals surface area contributed by atoms with Gasteiger partial charge in [-0.15, -0.1) is 0 Å². The number of carbonyl (C=O) groups is 2. The van der Waals surface area contributed by atoms with E-state index in [2.05, 4.69) is 17.4 Å². The Hall–Kier alpha value is -3.95. The van der Waals surface area contributed by atoms with Crippen LogP contribution < -0.4 is 10.1 Å². The van der Waals surface area contributed by atoms with Crippen LogP contribution in [0.15, 0.2) is 66.7 Å². The van der Waals surface area contributed by atoms with Gasteiger partial charge in [0.1, 0.15) is 18.2 Å². The third-order valence-electron chi connectivity index (χ3n) is 7.40. The van der Waals surface area contributed by atoms with Gasteiger partial charge in [0.05, 0.1) is 13.2 Å². The lowest BCUT2D eigenvalue weighted by atomic mass is 10.1. The number of carbonyl (C=O) groups excluding carboxylic acids is 1. The minimum atomic E-state index is -0.986. The van der Waals surface area contributed by atoms with E-state index in [1.54, 1.807) is 36.1 Å². The first-order valence-corrected chi connectivity index (χ1v) is 15.0. The van der Waals surface area contributed by atoms with Gasteiger partial charge >= 0.3 is 12.0 Å². The van der Waals surface area contributed by atoms with Gasteiger partial charge < -0.3 is 29.5 Å². The molecule has 0 spiro atoms. The van der Waals surface area contributed by atoms with E-state index in [0.29, 0.717) is 45.3 Å². The van der Waals surface area contributed by atoms with E-state index in [1.807, 2.05) is 18.2 Å². The van der Waals surface area contributed by atoms with Crippen molar-refractivity contribution in [1.29, 1.82) is 0 Å². The number of unbranched alkanes of at least 4 members (excludes halogenated alkanes) is 1. The third-order valence-corrected chi connectivity index (χ3v) is 7.40. The van der Waals surface area contributed by atoms with Crippen LogP contribution in [0.25, 0.3) is 0 Å². The number of urea groups is 1. The van der Waals surface area contributed by atoms with Crippen molar-refractivity contribution < 1.29 is 33.3 Å². The quantitative estimate of drug-likeness (QED) is 0.180. The van der Waals surface area contributed by atoms with E-state index < -0.39 is 12.1 Å². The molecule has 8 nitrogen and oxygen atoms in total. The molecule has 0 bridgehead atoms. The van der Waals surface area contributed by atoms with Crippen molar-refractivity contribution in [3.8, 4) is 5.75 Å². The Morgan fingerprint density at radius 3 is 2.42 bits per heavy atom. The van der Waals surface area contributed by atoms with Crippen LogP contribution >= 0.6 is 0 Å². The number of halogens is 1. The average Bonchev–Trinajstić information content (AvgIpc) is 3.47. The molecule has 1 aliphatic carbocycles. The minimum Gasteiger partial charge on any atom is -0.492 e. The highest BCUT2D eigenvalue weighted by molar-refractivity contribution is 5.89. The zero-order chi connectivity index (χ0) is 30.4. The van der Waals surface area contributed by atoms with E-state index in [0.717, 1.165) is 48.9 Å². The van der Waals surface area contributed by atoms with Crippen molar-refractivity contribution in [2.45, 2.75) is 58.2 Å². The molecular formula is C34H41FN2O6. The standard InChI is InChI=1S/C34H41FN2O6/c1-2-42-32(33(38)39)22-25-10-16-31(17-11-25)43-21-19-37(18-3-4-20-41-24-26-8-13-29(35)14-9-26)34(40)36-30-15-12-27-6-5-7-28(27)23-30/h8-17,23,32H,2-7,18-22,24H2,1H3,(H,36,40)(H,38,39). The second-order valence-corrected chi connectivity index (χ2v) is 10.6. The molecule has 1 aliphatic rings. The molecule has 2 amide bonds. The number of carboxylic acid groups (broad SMARTS) is 1. The van der Waals surface area contributed by atoms with Crippen molar-refractivity contribution in [2.24, 2.45) is 0 Å². The molecular weight excluding hydrogens is 551 g/mol. The summed E-state index contributed by atoms with van der Waals surface area (Å²) in [5.74, 6) is -0.616. The molecule has 1 atom stereocenters. The highest BCUT2D eigenvalue weighted by Gasteiger charge is 2.18. The van der Waals surface area contributed by atoms with Crippen LogP contribution in [0.4, 0.5) is 14.9 Å². The predicted molar refractivity (Wildman–Crippen MR) is 163 cm³/mol. The molecule has 0 saturated carbocycles. The van der Waals surface area contributed by atoms with E-state index in [-0.39, 0.29) is 18.3 Å². The number of rotatable bonds is 17. The molecule has 3 aromatic rings. The molecule has 0 saturated heterocycles. The normalized spacial score (nSPS) is 12.9. The van der Waals surface area contributed by atoms with Crippen LogP contribution in [-0.2, 0) is 40.1 Å². The van der Waals surface area contributed by atoms with Crippen LogP contribution in [0.3, 0.4) is 0 Å². The fourth-order valence-electron chi connectivity index (χ4n) is 5.07. The monoisotopic (exact) mass is 592 g/mol. The lowest BCUT2D eigenvalue weighted by Crippen LogP contribution is -2.38. The highest BCUT2D eigenvalue weighted by Crippen LogP contribution is 2.25. The molecule has 0 heterocycles. The van der Waals surface area contributed by atoms with E-state index in [1.165, 1.54) is 23.3 Å². The maximum Gasteiger partial charge on any atom is 0.333 e. The van der Waals surface area contributed by atoms with Gasteiger partial charge in [0, 0.05) is 31.9 Å². The number of aliphatic carboxylic acids is 1. The summed E-state index contributed by atoms with van der Waals surface area (Å²) >= 11 is 0. The summed E-state index contributed by atoms with van der Waals surface area (Å²) in [4.78, 5) is 26.4. The van der Waals surface area contributed by atoms with E-state index in [9.17, 15) is 19.1 Å². The molecule has 43 heavy (non-hydrogen) atoms. The van der Waals surface area contributed by atoms with Crippen molar-refractivity contribution in [2.75, 3.05) is 38.2 Å². The number of hydrogen-bond donors (Lipinski definition) is 2. The Balaban J connectivity index is 1.27. The Bertz CT molecular complexity index is 1320. The lowest BCUT2D eigenvalue weighted by molar-refractivity contribution is -0.149. The Kier molecular flexibility index (Phi) is 12.4. The summed E-state index contributed by atoms with van der Waals surface area (Å²) < 4.78 is 30.1. The number of aryl methyl sites for hydroxylation is 2. The summed E-state index contributed by atoms with van der Waals surface area (Å²) in [6.45, 7) is 4.27. The van der Waals surface area contributed by atoms with Gasteiger partial charge in [-0.05, 0) is 97.7 Å². The smallest absolute Gasteiger partial charge is 0.333 e. The zero-order valence-corrected chi connectivity index (χ0v) is 24.7. The van der Waals surface area contributed by atoms with Crippen molar-refractivity contribution in [3.05, 3.63) is 94.8 Å². The van der Waals surface area contributed by atoms with Crippen LogP contribution in [0.5, 0.6) is 5.75 Å². The summed E-state index contributed by atoms with van der Waals surface area (Å²) in [7, 11) is 0. The largest absolute Gasteiger partial charge is 0.492 e. The molecule has 0 radical (unpaired) electrons. The van der Waals surface area contributed by atoms with Crippen molar-refractivity contribution >= 4 is 17.7 Å². The number of nitrogens with zero attached hydrogens (tertiary/aromatic N) is 1. The molecule has 0 aromatic heterocycles. The Morgan fingerprint density at radius 2 is 1.67 bits per heavy atom. The van der Waals surface area contributed by atoms with Gasteiger partial charge in [-0.25, -0.2) is 14.0 Å². The number of hydrogen-bond acceptors (Lipinski definition) is 5. The van der Waals surface area contributed by atoms with Crippen molar-refractivity contribution in [3.63, 3.8) is 0 Å². The first-order valence-electron chi connectivity index (χ1n) is 15.0. The maximum absolute atomic E-state index is 13.3. The second-order valence-electron chi connectivity index (χ2n) is 10.6. The fraction of sp³-hybridized carbons (Fsp3) is 0.412. The predicted octanol–water partition coefficient (Wildman–Crippen LogP) is 6.26. The maximum atomic E-state index is 13.3. The molecule has 0 fully saturated rings. The summed E-state index contributed by atoms with van der Waals surface area (Å²) in [6.07, 6.45) is 4.18. The fourth-order valence-corrected chi connectivity index (χ4v) is 5.07. The topological polar surface area (TPSA) is 97.3 Å². The molecule has 0 aliphatic heterocycles. The number of benzene rings is 3. The van der Waals surface area contributed by atoms with E-state index in [4.69, 9.17) is 14.2 Å². The number of carboxylic acids is 1. The van der Waals surface area contributed by atoms with Crippen LogP contribution in [0, 0.1) is 5.82 Å². The Morgan fingerprint density at radius 1 is 0.930 bits per heavy atom. The number of anilines is 1. The number of amides is 2. The Labute approximate surface area is 252 Å². The highest BCUT2D eigenvalue weighted by atomic mass is 19.1. The third kappa shape index (κ3) is 10.4. The molecule has 4 rings (SSSR count). The van der Waals surface area contributed by atoms with E-state index >= 15 is 0 Å². The second kappa shape index (κ2) is 16.6. The van der Waals surface area contributed by atoms with Crippen molar-refractivity contribution in [1.82, 2.24) is 4.90 Å². The average molecular weight is 593 g/mol. The molecule has 1 unspecified atom stereocenters. The first-order chi connectivity index (χ1) is 20.9. The van der Waals surface area contributed by atoms with Gasteiger partial charge in [-0.2, -0.15) is 0 Å². The van der Waals surface area contributed by atoms with Gasteiger partial charge in [0.25, 0.3) is 0 Å². The van der Waals surface area contributed by atoms with Gasteiger partial charge in [0.2, 0.25) is 0 Å². The molecule has 3 aromatic carbocycles. The number of fused-ring (bicyclic) bond motifs is 1. The van der Waals surface area contributed by atoms with Crippen LogP contribution in [0.2, 0.25) is 0 Å². The van der Waals surface area contributed by atoms with Crippen LogP contribution in [-0.4, -0.2) is 61.0 Å². The molecule has 9 heteroatoms. The zero-order valence-electron chi connectivity index (χ0n) is 24.7. The van der Waals surface area contributed by atoms with Crippen LogP contribution in [0.1, 0.15) is 48.4 Å². The lowest BCUT2D eigenvalue weighted by Gasteiger charge is -2.23. The summed E-state index contributed by atoms with van der Waals surface area (Å²) in [5, 5.41) is 12.4. The number of ether oxygens (including phenoxy) is 3. The number of nitrogens with one attached hydrogen (secondary N) is 1. The minimum absolute atomic E-state index is 0.181. The van der Waals surface area contributed by atoms with Gasteiger partial charge in [-0.3, -0.25) is 0 Å². The SMILES string of the molecule is CCOC(Cc1ccc(OCCN(CCCCOCc2ccc(F)cc2)C(=O)Nc2ccc3c(c2)CCC3)cc1)C(=O)O. The first kappa shape index (κ1) is 32.0. The van der Waals surface area contributed by atoms with Gasteiger partial charge in [0.15, 0.2) is 6.10 Å². The summed E-state index contributed by atoms with van der Waals surface area (Å²) in [6, 6.07) is 19.5. The molecule has 230 valence electrons. The summed E-state index contributed by atoms with van der Waals surface area (Å²) in [5.41, 5.74) is 5.20.